The van der Waals surface area contributed by atoms with Crippen LogP contribution < -0.4 is 5.73 Å². The number of methoxy groups -OCH3 is 1. The molecule has 2 unspecified atom stereocenters. The highest BCUT2D eigenvalue weighted by atomic mass is 19.4. The maximum absolute atomic E-state index is 12.6. The van der Waals surface area contributed by atoms with E-state index in [4.69, 9.17) is 10.5 Å². The van der Waals surface area contributed by atoms with Crippen LogP contribution in [0.3, 0.4) is 0 Å². The Morgan fingerprint density at radius 2 is 2.00 bits per heavy atom. The smallest absolute Gasteiger partial charge is 0.385 e. The summed E-state index contributed by atoms with van der Waals surface area (Å²) in [5.74, 6) is 0.203. The summed E-state index contributed by atoms with van der Waals surface area (Å²) in [5.41, 5.74) is 6.01. The quantitative estimate of drug-likeness (QED) is 0.865. The van der Waals surface area contributed by atoms with E-state index in [1.54, 1.807) is 13.2 Å². The number of hydrogen-bond donors (Lipinski definition) is 1. The largest absolute Gasteiger partial charge is 0.416 e. The van der Waals surface area contributed by atoms with Gasteiger partial charge >= 0.3 is 6.18 Å². The molecule has 2 nitrogen and oxygen atoms in total. The summed E-state index contributed by atoms with van der Waals surface area (Å²) in [6.07, 6.45) is -3.06. The lowest BCUT2D eigenvalue weighted by Gasteiger charge is -2.20. The van der Waals surface area contributed by atoms with E-state index in [0.717, 1.165) is 12.5 Å². The summed E-state index contributed by atoms with van der Waals surface area (Å²) in [6.45, 7) is 2.59. The Bertz CT molecular complexity index is 393. The first-order valence-corrected chi connectivity index (χ1v) is 6.25. The van der Waals surface area contributed by atoms with Crippen LogP contribution >= 0.6 is 0 Å². The van der Waals surface area contributed by atoms with E-state index < -0.39 is 11.7 Å². The topological polar surface area (TPSA) is 35.2 Å². The zero-order chi connectivity index (χ0) is 14.5. The molecular formula is C14H20F3NO. The van der Waals surface area contributed by atoms with E-state index in [1.807, 2.05) is 6.92 Å². The maximum Gasteiger partial charge on any atom is 0.416 e. The van der Waals surface area contributed by atoms with Gasteiger partial charge in [0.2, 0.25) is 0 Å². The van der Waals surface area contributed by atoms with E-state index in [-0.39, 0.29) is 12.0 Å². The Balaban J connectivity index is 2.66. The molecule has 0 fully saturated rings. The van der Waals surface area contributed by atoms with Crippen LogP contribution in [0.2, 0.25) is 0 Å². The van der Waals surface area contributed by atoms with Gasteiger partial charge in [-0.15, -0.1) is 0 Å². The first-order valence-electron chi connectivity index (χ1n) is 6.25. The monoisotopic (exact) mass is 275 g/mol. The second-order valence-corrected chi connectivity index (χ2v) is 4.82. The summed E-state index contributed by atoms with van der Waals surface area (Å²) in [5, 5.41) is 0. The van der Waals surface area contributed by atoms with Crippen LogP contribution in [0.1, 0.15) is 24.5 Å². The van der Waals surface area contributed by atoms with Gasteiger partial charge in [-0.2, -0.15) is 13.2 Å². The molecule has 0 radical (unpaired) electrons. The Morgan fingerprint density at radius 3 is 2.58 bits per heavy atom. The molecule has 0 saturated heterocycles. The van der Waals surface area contributed by atoms with Gasteiger partial charge in [-0.1, -0.05) is 25.1 Å². The fourth-order valence-corrected chi connectivity index (χ4v) is 1.87. The SMILES string of the molecule is COCCC(C)C(N)Cc1cccc(C(F)(F)F)c1. The molecule has 0 aromatic heterocycles. The van der Waals surface area contributed by atoms with Crippen LogP contribution in [-0.4, -0.2) is 19.8 Å². The van der Waals surface area contributed by atoms with Crippen molar-refractivity contribution in [3.8, 4) is 0 Å². The third-order valence-corrected chi connectivity index (χ3v) is 3.23. The first kappa shape index (κ1) is 16.0. The minimum Gasteiger partial charge on any atom is -0.385 e. The van der Waals surface area contributed by atoms with Gasteiger partial charge in [0, 0.05) is 19.8 Å². The summed E-state index contributed by atoms with van der Waals surface area (Å²) < 4.78 is 42.7. The molecule has 1 aromatic rings. The minimum atomic E-state index is -4.30. The molecule has 0 bridgehead atoms. The fraction of sp³-hybridized carbons (Fsp3) is 0.571. The van der Waals surface area contributed by atoms with Crippen molar-refractivity contribution in [1.82, 2.24) is 0 Å². The molecule has 1 aromatic carbocycles. The number of ether oxygens (including phenoxy) is 1. The van der Waals surface area contributed by atoms with Crippen LogP contribution in [-0.2, 0) is 17.3 Å². The normalized spacial score (nSPS) is 15.3. The van der Waals surface area contributed by atoms with Gasteiger partial charge in [0.25, 0.3) is 0 Å². The third-order valence-electron chi connectivity index (χ3n) is 3.23. The van der Waals surface area contributed by atoms with Crippen LogP contribution in [0.5, 0.6) is 0 Å². The van der Waals surface area contributed by atoms with Gasteiger partial charge in [-0.05, 0) is 30.4 Å². The molecule has 108 valence electrons. The summed E-state index contributed by atoms with van der Waals surface area (Å²) >= 11 is 0. The van der Waals surface area contributed by atoms with E-state index in [1.165, 1.54) is 12.1 Å². The molecule has 0 heterocycles. The standard InChI is InChI=1S/C14H20F3NO/c1-10(6-7-19-2)13(18)9-11-4-3-5-12(8-11)14(15,16)17/h3-5,8,10,13H,6-7,9,18H2,1-2H3. The highest BCUT2D eigenvalue weighted by molar-refractivity contribution is 5.26. The molecule has 0 amide bonds. The van der Waals surface area contributed by atoms with Crippen LogP contribution in [0.25, 0.3) is 0 Å². The molecule has 19 heavy (non-hydrogen) atoms. The number of nitrogens with two attached hydrogens (primary N) is 1. The Labute approximate surface area is 111 Å². The minimum absolute atomic E-state index is 0.168. The van der Waals surface area contributed by atoms with Gasteiger partial charge < -0.3 is 10.5 Å². The molecule has 0 saturated carbocycles. The third kappa shape index (κ3) is 5.20. The summed E-state index contributed by atoms with van der Waals surface area (Å²) in [6, 6.07) is 5.17. The number of alkyl halides is 3. The number of rotatable bonds is 6. The molecule has 0 aliphatic heterocycles. The average Bonchev–Trinajstić information content (AvgIpc) is 2.35. The second kappa shape index (κ2) is 6.91. The van der Waals surface area contributed by atoms with Crippen molar-refractivity contribution in [2.45, 2.75) is 32.0 Å². The van der Waals surface area contributed by atoms with Crippen molar-refractivity contribution in [3.05, 3.63) is 35.4 Å². The van der Waals surface area contributed by atoms with Crippen LogP contribution in [0.4, 0.5) is 13.2 Å². The molecule has 2 N–H and O–H groups in total. The second-order valence-electron chi connectivity index (χ2n) is 4.82. The van der Waals surface area contributed by atoms with Crippen molar-refractivity contribution in [2.75, 3.05) is 13.7 Å². The predicted octanol–water partition coefficient (Wildman–Crippen LogP) is 3.25. The molecule has 0 aliphatic rings. The van der Waals surface area contributed by atoms with Gasteiger partial charge in [-0.25, -0.2) is 0 Å². The van der Waals surface area contributed by atoms with Gasteiger partial charge in [0.05, 0.1) is 5.56 Å². The van der Waals surface area contributed by atoms with Crippen molar-refractivity contribution in [3.63, 3.8) is 0 Å². The molecular weight excluding hydrogens is 255 g/mol. The van der Waals surface area contributed by atoms with Crippen LogP contribution in [0.15, 0.2) is 24.3 Å². The van der Waals surface area contributed by atoms with Gasteiger partial charge in [0.1, 0.15) is 0 Å². The Kier molecular flexibility index (Phi) is 5.82. The Hall–Kier alpha value is -1.07. The van der Waals surface area contributed by atoms with Crippen molar-refractivity contribution < 1.29 is 17.9 Å². The lowest BCUT2D eigenvalue weighted by atomic mass is 9.93. The fourth-order valence-electron chi connectivity index (χ4n) is 1.87. The molecule has 0 aliphatic carbocycles. The van der Waals surface area contributed by atoms with Crippen molar-refractivity contribution in [1.29, 1.82) is 0 Å². The number of halogens is 3. The molecule has 5 heteroatoms. The predicted molar refractivity (Wildman–Crippen MR) is 68.8 cm³/mol. The van der Waals surface area contributed by atoms with E-state index >= 15 is 0 Å². The lowest BCUT2D eigenvalue weighted by Crippen LogP contribution is -2.31. The van der Waals surface area contributed by atoms with Gasteiger partial charge in [0.15, 0.2) is 0 Å². The maximum atomic E-state index is 12.6. The van der Waals surface area contributed by atoms with Gasteiger partial charge in [-0.3, -0.25) is 0 Å². The Morgan fingerprint density at radius 1 is 1.32 bits per heavy atom. The average molecular weight is 275 g/mol. The van der Waals surface area contributed by atoms with Crippen molar-refractivity contribution in [2.24, 2.45) is 11.7 Å². The molecule has 1 rings (SSSR count). The summed E-state index contributed by atoms with van der Waals surface area (Å²) in [7, 11) is 1.62. The number of hydrogen-bond acceptors (Lipinski definition) is 2. The highest BCUT2D eigenvalue weighted by Crippen LogP contribution is 2.29. The first-order chi connectivity index (χ1) is 8.84. The molecule has 2 atom stereocenters. The number of benzene rings is 1. The van der Waals surface area contributed by atoms with E-state index in [2.05, 4.69) is 0 Å². The zero-order valence-corrected chi connectivity index (χ0v) is 11.2. The van der Waals surface area contributed by atoms with Crippen LogP contribution in [0, 0.1) is 5.92 Å². The lowest BCUT2D eigenvalue weighted by molar-refractivity contribution is -0.137. The highest BCUT2D eigenvalue weighted by Gasteiger charge is 2.30. The zero-order valence-electron chi connectivity index (χ0n) is 11.2. The van der Waals surface area contributed by atoms with E-state index in [0.29, 0.717) is 18.6 Å². The molecule has 0 spiro atoms. The summed E-state index contributed by atoms with van der Waals surface area (Å²) in [4.78, 5) is 0. The van der Waals surface area contributed by atoms with Crippen molar-refractivity contribution >= 4 is 0 Å². The van der Waals surface area contributed by atoms with E-state index in [9.17, 15) is 13.2 Å².